The number of anilines is 2. The maximum absolute atomic E-state index is 14.3. The van der Waals surface area contributed by atoms with Gasteiger partial charge in [0.15, 0.2) is 34.4 Å². The van der Waals surface area contributed by atoms with E-state index in [1.807, 2.05) is 0 Å². The van der Waals surface area contributed by atoms with Crippen LogP contribution in [0.1, 0.15) is 48.9 Å². The molecule has 0 unspecified atom stereocenters. The van der Waals surface area contributed by atoms with Gasteiger partial charge < -0.3 is 81.3 Å². The molecule has 10 rings (SSSR count). The van der Waals surface area contributed by atoms with Crippen LogP contribution in [0.15, 0.2) is 69.8 Å². The third-order valence-electron chi connectivity index (χ3n) is 14.1. The van der Waals surface area contributed by atoms with Crippen LogP contribution in [0.3, 0.4) is 0 Å². The number of nitrogen functional groups attached to an aromatic ring is 2. The van der Waals surface area contributed by atoms with Gasteiger partial charge in [-0.05, 0) is 62.5 Å². The summed E-state index contributed by atoms with van der Waals surface area (Å²) in [6.07, 6.45) is 3.94. The fourth-order valence-electron chi connectivity index (χ4n) is 10.1. The molecule has 0 aromatic carbocycles. The lowest BCUT2D eigenvalue weighted by Gasteiger charge is -2.49. The normalized spacial score (nSPS) is 24.3. The Bertz CT molecular complexity index is 3490. The first kappa shape index (κ1) is 57.6. The van der Waals surface area contributed by atoms with Gasteiger partial charge in [0, 0.05) is 84.5 Å². The van der Waals surface area contributed by atoms with E-state index in [0.717, 1.165) is 41.4 Å². The Morgan fingerprint density at radius 3 is 2.12 bits per heavy atom. The molecule has 0 spiro atoms. The van der Waals surface area contributed by atoms with Crippen molar-refractivity contribution in [1.29, 1.82) is 0 Å². The van der Waals surface area contributed by atoms with E-state index in [1.54, 1.807) is 9.80 Å². The Hall–Kier alpha value is -8.68. The van der Waals surface area contributed by atoms with Crippen molar-refractivity contribution < 1.29 is 77.0 Å². The first-order chi connectivity index (χ1) is 39.8. The summed E-state index contributed by atoms with van der Waals surface area (Å²) in [5.41, 5.74) is 9.94. The molecule has 33 nitrogen and oxygen atoms in total. The number of carboxylic acids is 2. The van der Waals surface area contributed by atoms with E-state index in [9.17, 15) is 63.4 Å². The van der Waals surface area contributed by atoms with Gasteiger partial charge in [-0.15, -0.1) is 23.5 Å². The van der Waals surface area contributed by atoms with Crippen LogP contribution in [-0.4, -0.2) is 204 Å². The Morgan fingerprint density at radius 2 is 1.52 bits per heavy atom. The number of carboxylic acid groups (broad SMARTS) is 2. The largest absolute Gasteiger partial charge is 0.519 e. The third-order valence-corrected chi connectivity index (χ3v) is 17.8. The number of fused-ring (bicyclic) bond motifs is 1. The van der Waals surface area contributed by atoms with E-state index >= 15 is 0 Å². The average molecular weight is 1230 g/mol. The molecule has 11 N–H and O–H groups in total. The summed E-state index contributed by atoms with van der Waals surface area (Å²) in [5.74, 6) is -10.3. The molecule has 0 radical (unpaired) electrons. The maximum Gasteiger partial charge on any atom is 0.519 e. The third kappa shape index (κ3) is 11.9. The lowest BCUT2D eigenvalue weighted by atomic mass is 10.0. The monoisotopic (exact) mass is 1220 g/mol. The molecule has 7 aliphatic heterocycles. The summed E-state index contributed by atoms with van der Waals surface area (Å²) < 4.78 is 22.8. The van der Waals surface area contributed by atoms with Gasteiger partial charge in [0.25, 0.3) is 17.7 Å². The number of aliphatic carboxylic acids is 2. The summed E-state index contributed by atoms with van der Waals surface area (Å²) in [5, 5.41) is 45.4. The van der Waals surface area contributed by atoms with Crippen LogP contribution >= 0.6 is 46.6 Å². The highest BCUT2D eigenvalue weighted by molar-refractivity contribution is 8.00. The van der Waals surface area contributed by atoms with E-state index in [0.29, 0.717) is 54.6 Å². The molecule has 10 heterocycles. The van der Waals surface area contributed by atoms with Crippen LogP contribution in [0.4, 0.5) is 15.1 Å². The van der Waals surface area contributed by atoms with Crippen LogP contribution in [0, 0.1) is 6.92 Å². The number of ether oxygens (including phenoxy) is 1. The highest BCUT2D eigenvalue weighted by Crippen LogP contribution is 2.42. The van der Waals surface area contributed by atoms with Crippen LogP contribution in [0.25, 0.3) is 0 Å². The zero-order valence-electron chi connectivity index (χ0n) is 43.1. The van der Waals surface area contributed by atoms with Crippen LogP contribution in [0.5, 0.6) is 0 Å². The number of oxime groups is 2. The van der Waals surface area contributed by atoms with E-state index in [-0.39, 0.29) is 94.6 Å². The zero-order chi connectivity index (χ0) is 59.0. The molecule has 0 bridgehead atoms. The highest BCUT2D eigenvalue weighted by Gasteiger charge is 2.55. The van der Waals surface area contributed by atoms with Crippen molar-refractivity contribution in [3.05, 3.63) is 79.6 Å². The van der Waals surface area contributed by atoms with Crippen molar-refractivity contribution in [3.63, 3.8) is 0 Å². The number of nitrogens with one attached hydrogen (secondary N) is 4. The zero-order valence-corrected chi connectivity index (χ0v) is 46.4. The second kappa shape index (κ2) is 24.0. The molecule has 3 aromatic heterocycles. The molecule has 6 amide bonds. The number of carbonyl (C=O) groups excluding carboxylic acids is 7. The standard InChI is InChI=1S/C46H48N16O17S4/c1-17-24(78-46(74)77-17)14-76-45(73)59-7-5-23(13-59)61-9-4-19(37(61)66)11-21-16-81-39-29(38(67)62(39)30(21)41(70)71)51-34(64)27(32-54-44(48)83-58-32)56-79-42(72)28(50-33(63)26(55-75)31-53-43(47)82-57-31)35-52-25(40(68)69)20(15-80-35)10-18-3-8-60(36(18)65)22-2-6-49-12-22/h10-11,22-23,28-29,35,39,49,52,75H,2-9,12-16H2,1H3,(H,50,63)(H,51,64)(H,68,69)(H,70,71)(H2,47,53,57)(H2,48,54,58)/b18-10?,19-11?,55-26-,56-27-/t22-,23-,28+,29-,35-,39-/m1/s1. The minimum atomic E-state index is -1.95. The molecule has 438 valence electrons. The number of nitrogens with two attached hydrogens (primary N) is 2. The predicted octanol–water partition coefficient (Wildman–Crippen LogP) is -2.15. The first-order valence-electron chi connectivity index (χ1n) is 25.1. The number of hydrogen-bond acceptors (Lipinski definition) is 29. The molecule has 37 heteroatoms. The molecule has 3 aromatic rings. The van der Waals surface area contributed by atoms with E-state index in [2.05, 4.69) is 50.3 Å². The Balaban J connectivity index is 0.837. The van der Waals surface area contributed by atoms with Gasteiger partial charge in [0.1, 0.15) is 28.2 Å². The lowest BCUT2D eigenvalue weighted by Crippen LogP contribution is -2.71. The quantitative estimate of drug-likeness (QED) is 0.0174. The minimum Gasteiger partial charge on any atom is -0.477 e. The van der Waals surface area contributed by atoms with Gasteiger partial charge in [-0.2, -0.15) is 18.7 Å². The fraction of sp³-hybridized carbons (Fsp3) is 0.435. The number of carbonyl (C=O) groups is 9. The highest BCUT2D eigenvalue weighted by atomic mass is 32.2. The number of nitrogens with zero attached hydrogens (tertiary/aromatic N) is 10. The molecule has 83 heavy (non-hydrogen) atoms. The molecular weight excluding hydrogens is 1180 g/mol. The molecular formula is C46H48N16O17S4. The number of aryl methyl sites for hydroxylation is 1. The number of thioether (sulfide) groups is 2. The van der Waals surface area contributed by atoms with Gasteiger partial charge in [0.05, 0.1) is 6.04 Å². The van der Waals surface area contributed by atoms with E-state index in [1.165, 1.54) is 24.0 Å². The minimum absolute atomic E-state index is 0.0171. The number of amides is 6. The van der Waals surface area contributed by atoms with Crippen molar-refractivity contribution in [2.75, 3.05) is 62.2 Å². The van der Waals surface area contributed by atoms with Crippen molar-refractivity contribution >= 4 is 122 Å². The van der Waals surface area contributed by atoms with E-state index < -0.39 is 117 Å². The van der Waals surface area contributed by atoms with Crippen LogP contribution in [0.2, 0.25) is 0 Å². The van der Waals surface area contributed by atoms with Crippen molar-refractivity contribution in [2.45, 2.75) is 74.1 Å². The van der Waals surface area contributed by atoms with E-state index in [4.69, 9.17) is 29.9 Å². The second-order valence-electron chi connectivity index (χ2n) is 19.1. The summed E-state index contributed by atoms with van der Waals surface area (Å²) in [6.45, 7) is 3.61. The summed E-state index contributed by atoms with van der Waals surface area (Å²) in [4.78, 5) is 152. The molecule has 6 atom stereocenters. The van der Waals surface area contributed by atoms with Crippen molar-refractivity contribution in [2.24, 2.45) is 10.3 Å². The first-order valence-corrected chi connectivity index (χ1v) is 28.7. The molecule has 5 fully saturated rings. The SMILES string of the molecule is Cc1oc(=O)oc1COC(=O)N1CC[C@@H](N2CCC(=CC3=C(C(=O)O)N4C(=O)[C@@H](NC(=O)/C(=N\OC(=O)[C@@H](NC(=O)/C(=N\O)c5nsc(N)n5)[C@@H]5NC(C(=O)O)=C(C=C6CCN([C@@H]7CCNC7)C6=O)CS5)c5nsc(N)n5)[C@H]4SC3)C2=O)C1. The van der Waals surface area contributed by atoms with Crippen LogP contribution in [-0.2, 0) is 54.5 Å². The summed E-state index contributed by atoms with van der Waals surface area (Å²) in [6, 6.07) is -3.77. The maximum atomic E-state index is 14.3. The van der Waals surface area contributed by atoms with Gasteiger partial charge >= 0.3 is 29.8 Å². The Kier molecular flexibility index (Phi) is 16.7. The van der Waals surface area contributed by atoms with Crippen molar-refractivity contribution in [1.82, 2.24) is 59.6 Å². The van der Waals surface area contributed by atoms with Crippen molar-refractivity contribution in [3.8, 4) is 0 Å². The van der Waals surface area contributed by atoms with Gasteiger partial charge in [-0.3, -0.25) is 28.9 Å². The van der Waals surface area contributed by atoms with Gasteiger partial charge in [0.2, 0.25) is 34.9 Å². The fourth-order valence-corrected chi connectivity index (χ4v) is 13.4. The van der Waals surface area contributed by atoms with Crippen LogP contribution < -0.4 is 38.6 Å². The number of aromatic nitrogens is 4. The molecule has 0 saturated carbocycles. The Labute approximate surface area is 482 Å². The lowest BCUT2D eigenvalue weighted by molar-refractivity contribution is -0.150. The predicted molar refractivity (Wildman–Crippen MR) is 287 cm³/mol. The number of rotatable bonds is 17. The number of likely N-dealkylation sites (tertiary alicyclic amines) is 3. The van der Waals surface area contributed by atoms with Gasteiger partial charge in [-0.25, -0.2) is 24.0 Å². The summed E-state index contributed by atoms with van der Waals surface area (Å²) in [7, 11) is 0. The molecule has 7 aliphatic rings. The Morgan fingerprint density at radius 1 is 0.855 bits per heavy atom. The smallest absolute Gasteiger partial charge is 0.477 e. The topological polar surface area (TPSA) is 466 Å². The molecule has 5 saturated heterocycles. The average Bonchev–Trinajstić information content (AvgIpc) is 4.22. The second-order valence-corrected chi connectivity index (χ2v) is 22.9. The number of allylic oxidation sites excluding steroid dienone is 2. The molecule has 0 aliphatic carbocycles. The summed E-state index contributed by atoms with van der Waals surface area (Å²) >= 11 is 3.23. The van der Waals surface area contributed by atoms with Gasteiger partial charge in [-0.1, -0.05) is 10.3 Å². The number of hydrogen-bond donors (Lipinski definition) is 9. The number of β-lactam (4-membered cyclic amide) rings is 1.